The van der Waals surface area contributed by atoms with Gasteiger partial charge in [-0.25, -0.2) is 0 Å². The molecular formula is C84H64N4O4. The van der Waals surface area contributed by atoms with E-state index in [0.29, 0.717) is 74.6 Å². The number of nitrogens with zero attached hydrogens (tertiary/aromatic N) is 4. The van der Waals surface area contributed by atoms with Gasteiger partial charge in [-0.3, -0.25) is 19.2 Å². The van der Waals surface area contributed by atoms with Crippen molar-refractivity contribution in [3.63, 3.8) is 0 Å². The van der Waals surface area contributed by atoms with E-state index in [-0.39, 0.29) is 23.6 Å². The summed E-state index contributed by atoms with van der Waals surface area (Å²) in [7, 11) is 0. The van der Waals surface area contributed by atoms with Crippen LogP contribution in [0.25, 0.3) is 66.8 Å². The average Bonchev–Trinajstić information content (AvgIpc) is 1.14. The maximum atomic E-state index is 15.2. The number of rotatable bonds is 0. The van der Waals surface area contributed by atoms with Gasteiger partial charge in [-0.1, -0.05) is 231 Å². The van der Waals surface area contributed by atoms with Crippen LogP contribution < -0.4 is 0 Å². The lowest BCUT2D eigenvalue weighted by atomic mass is 9.97. The summed E-state index contributed by atoms with van der Waals surface area (Å²) in [5.74, 6) is -0.485. The van der Waals surface area contributed by atoms with Gasteiger partial charge in [-0.05, 0) is 172 Å². The number of amides is 4. The van der Waals surface area contributed by atoms with E-state index in [1.54, 1.807) is 0 Å². The van der Waals surface area contributed by atoms with Gasteiger partial charge in [0.1, 0.15) is 0 Å². The molecule has 8 nitrogen and oxygen atoms in total. The minimum absolute atomic E-state index is 0.121. The molecule has 0 radical (unpaired) electrons. The summed E-state index contributed by atoms with van der Waals surface area (Å²) in [5.41, 5.74) is 21.9. The van der Waals surface area contributed by atoms with Crippen molar-refractivity contribution < 1.29 is 19.2 Å². The molecule has 28 bridgehead atoms. The standard InChI is InChI=1S/C84H64N4O4/c89-81-73-37-29-65(30-38-73)68-35-43-76(44-36-68)84(92)88-52-60-19-27-72(28-20-60)80-12-4-10-78(48-80)70-23-15-58(16-24-70)50-86-54-62-6-1-5-61(45-62)53-85(81)49-57-13-21-69(22-14-57)77-9-3-11-79(47-77)71-25-17-59(18-26-71)51-87(55-63-7-2-8-64(46-63)56-88)83(91)75-41-33-67(34-42-75)66-31-39-74(40-32-66)82(86)90/h1-48H,49-56H2. The molecule has 4 amide bonds. The molecule has 12 aromatic carbocycles. The molecule has 0 aliphatic carbocycles. The second kappa shape index (κ2) is 24.8. The molecule has 23 heterocycles. The highest BCUT2D eigenvalue weighted by Gasteiger charge is 2.24. The maximum Gasteiger partial charge on any atom is 0.254 e. The molecule has 8 heteroatoms. The second-order valence-corrected chi connectivity index (χ2v) is 24.5. The highest BCUT2D eigenvalue weighted by Crippen LogP contribution is 2.33. The normalized spacial score (nSPS) is 14.2. The molecule has 23 aliphatic heterocycles. The minimum atomic E-state index is -0.121. The summed E-state index contributed by atoms with van der Waals surface area (Å²) < 4.78 is 0. The van der Waals surface area contributed by atoms with Crippen LogP contribution in [-0.2, 0) is 52.4 Å². The van der Waals surface area contributed by atoms with Crippen molar-refractivity contribution in [3.8, 4) is 66.8 Å². The summed E-state index contributed by atoms with van der Waals surface area (Å²) in [4.78, 5) is 68.2. The molecule has 0 aromatic heterocycles. The predicted molar refractivity (Wildman–Crippen MR) is 366 cm³/mol. The van der Waals surface area contributed by atoms with E-state index in [0.717, 1.165) is 111 Å². The monoisotopic (exact) mass is 1190 g/mol. The second-order valence-electron chi connectivity index (χ2n) is 24.5. The fourth-order valence-corrected chi connectivity index (χ4v) is 13.1. The van der Waals surface area contributed by atoms with Gasteiger partial charge in [-0.2, -0.15) is 0 Å². The quantitative estimate of drug-likeness (QED) is 0.151. The molecule has 0 spiro atoms. The summed E-state index contributed by atoms with van der Waals surface area (Å²) in [6, 6.07) is 98.4. The van der Waals surface area contributed by atoms with Gasteiger partial charge in [0.15, 0.2) is 0 Å². The minimum Gasteiger partial charge on any atom is -0.330 e. The van der Waals surface area contributed by atoms with E-state index < -0.39 is 0 Å². The fraction of sp³-hybridized carbons (Fsp3) is 0.0952. The Bertz CT molecular complexity index is 4140. The summed E-state index contributed by atoms with van der Waals surface area (Å²) in [5, 5.41) is 0. The van der Waals surface area contributed by atoms with Crippen LogP contribution in [0.15, 0.2) is 291 Å². The number of hydrogen-bond donors (Lipinski definition) is 0. The van der Waals surface area contributed by atoms with E-state index in [1.165, 1.54) is 0 Å². The van der Waals surface area contributed by atoms with Crippen molar-refractivity contribution in [1.82, 2.24) is 19.6 Å². The van der Waals surface area contributed by atoms with E-state index in [9.17, 15) is 0 Å². The van der Waals surface area contributed by atoms with Crippen LogP contribution >= 0.6 is 0 Å². The summed E-state index contributed by atoms with van der Waals surface area (Å²) in [6.45, 7) is 2.61. The van der Waals surface area contributed by atoms with E-state index in [1.807, 2.05) is 129 Å². The van der Waals surface area contributed by atoms with Crippen molar-refractivity contribution in [2.45, 2.75) is 52.4 Å². The smallest absolute Gasteiger partial charge is 0.254 e. The van der Waals surface area contributed by atoms with Crippen LogP contribution in [0.2, 0.25) is 0 Å². The number of carbonyl (C=O) groups is 4. The molecule has 0 unspecified atom stereocenters. The first-order chi connectivity index (χ1) is 45.1. The maximum absolute atomic E-state index is 15.2. The third kappa shape index (κ3) is 12.2. The molecule has 0 N–H and O–H groups in total. The van der Waals surface area contributed by atoms with Gasteiger partial charge >= 0.3 is 0 Å². The average molecular weight is 1190 g/mol. The Morgan fingerprint density at radius 1 is 0.152 bits per heavy atom. The van der Waals surface area contributed by atoms with Crippen molar-refractivity contribution in [2.24, 2.45) is 0 Å². The third-order valence-corrected chi connectivity index (χ3v) is 18.2. The molecule has 35 rings (SSSR count). The van der Waals surface area contributed by atoms with Crippen LogP contribution in [0.5, 0.6) is 0 Å². The lowest BCUT2D eigenvalue weighted by molar-refractivity contribution is 0.0720. The Morgan fingerprint density at radius 2 is 0.315 bits per heavy atom. The first-order valence-corrected chi connectivity index (χ1v) is 31.4. The largest absolute Gasteiger partial charge is 0.330 e. The third-order valence-electron chi connectivity index (χ3n) is 18.2. The lowest BCUT2D eigenvalue weighted by Crippen LogP contribution is -2.31. The molecule has 0 saturated carbocycles. The van der Waals surface area contributed by atoms with Crippen LogP contribution in [0.1, 0.15) is 85.9 Å². The van der Waals surface area contributed by atoms with Gasteiger partial charge in [0, 0.05) is 74.6 Å². The highest BCUT2D eigenvalue weighted by molar-refractivity contribution is 5.97. The Balaban J connectivity index is 0.914. The molecule has 92 heavy (non-hydrogen) atoms. The lowest BCUT2D eigenvalue weighted by Gasteiger charge is -2.26. The number of hydrogen-bond acceptors (Lipinski definition) is 4. The van der Waals surface area contributed by atoms with E-state index >= 15 is 19.2 Å². The molecule has 12 aromatic rings. The number of carbonyl (C=O) groups excluding carboxylic acids is 4. The van der Waals surface area contributed by atoms with E-state index in [2.05, 4.69) is 182 Å². The number of benzene rings is 12. The Kier molecular flexibility index (Phi) is 15.4. The van der Waals surface area contributed by atoms with Gasteiger partial charge in [0.05, 0.1) is 0 Å². The summed E-state index contributed by atoms with van der Waals surface area (Å²) >= 11 is 0. The molecule has 0 fully saturated rings. The summed E-state index contributed by atoms with van der Waals surface area (Å²) in [6.07, 6.45) is 0. The molecule has 0 atom stereocenters. The fourth-order valence-electron chi connectivity index (χ4n) is 13.1. The van der Waals surface area contributed by atoms with Gasteiger partial charge in [0.25, 0.3) is 23.6 Å². The van der Waals surface area contributed by atoms with Crippen LogP contribution in [0.4, 0.5) is 0 Å². The molecule has 23 aliphatic rings. The first kappa shape index (κ1) is 57.0. The Morgan fingerprint density at radius 3 is 0.533 bits per heavy atom. The molecular weight excluding hydrogens is 1130 g/mol. The zero-order valence-corrected chi connectivity index (χ0v) is 50.8. The van der Waals surface area contributed by atoms with Crippen molar-refractivity contribution in [2.75, 3.05) is 0 Å². The highest BCUT2D eigenvalue weighted by atomic mass is 16.2. The van der Waals surface area contributed by atoms with Gasteiger partial charge < -0.3 is 19.6 Å². The SMILES string of the molecule is O=C1c2ccc(cc2)-c2ccc(cc2)C(=O)N2Cc3ccc(cc3)-c3cccc(c3)-c3ccc(cc3)CN3Cc4cccc(c4)CN1Cc1ccc(cc1)-c1cccc(c1)-c1ccc(cc1)CN(Cc1cccc(c1)C2)C(=O)c1ccc(cc1)-c1ccc(cc1)C3=O. The van der Waals surface area contributed by atoms with E-state index in [4.69, 9.17) is 0 Å². The van der Waals surface area contributed by atoms with Crippen molar-refractivity contribution >= 4 is 23.6 Å². The first-order valence-electron chi connectivity index (χ1n) is 31.4. The molecule has 444 valence electrons. The van der Waals surface area contributed by atoms with Gasteiger partial charge in [-0.15, -0.1) is 0 Å². The van der Waals surface area contributed by atoms with Crippen LogP contribution in [0, 0.1) is 0 Å². The zero-order chi connectivity index (χ0) is 62.1. The van der Waals surface area contributed by atoms with Crippen molar-refractivity contribution in [1.29, 1.82) is 0 Å². The van der Waals surface area contributed by atoms with Crippen LogP contribution in [-0.4, -0.2) is 43.2 Å². The van der Waals surface area contributed by atoms with Crippen molar-refractivity contribution in [3.05, 3.63) is 358 Å². The zero-order valence-electron chi connectivity index (χ0n) is 50.8. The molecule has 0 saturated heterocycles. The predicted octanol–water partition coefficient (Wildman–Crippen LogP) is 18.0. The Hall–Kier alpha value is -11.5. The van der Waals surface area contributed by atoms with Gasteiger partial charge in [0.2, 0.25) is 0 Å². The van der Waals surface area contributed by atoms with Crippen LogP contribution in [0.3, 0.4) is 0 Å². The Labute approximate surface area is 536 Å². The topological polar surface area (TPSA) is 81.2 Å².